The molecule has 0 saturated carbocycles. The molecule has 5 atom stereocenters. The molecule has 0 aromatic rings. The van der Waals surface area contributed by atoms with Gasteiger partial charge in [0.25, 0.3) is 0 Å². The third-order valence-electron chi connectivity index (χ3n) is 4.05. The van der Waals surface area contributed by atoms with Crippen LogP contribution in [-0.2, 0) is 19.2 Å². The maximum Gasteiger partial charge on any atom is 0.328 e. The molecule has 1 heterocycles. The number of hydrogen-bond donors (Lipinski definition) is 8. The maximum atomic E-state index is 12.2. The molecule has 154 valence electrons. The van der Waals surface area contributed by atoms with Crippen LogP contribution in [0.2, 0.25) is 0 Å². The Kier molecular flexibility index (Phi) is 9.08. The molecule has 8 N–H and O–H groups in total. The third-order valence-corrected chi connectivity index (χ3v) is 4.05. The lowest BCUT2D eigenvalue weighted by Crippen LogP contribution is -2.59. The molecule has 3 amide bonds. The number of aliphatic hydroxyl groups is 3. The van der Waals surface area contributed by atoms with E-state index in [4.69, 9.17) is 5.11 Å². The Balaban J connectivity index is 2.67. The van der Waals surface area contributed by atoms with E-state index in [-0.39, 0.29) is 0 Å². The predicted octanol–water partition coefficient (Wildman–Crippen LogP) is -4.36. The minimum Gasteiger partial charge on any atom is -0.480 e. The quantitative estimate of drug-likeness (QED) is 0.182. The Morgan fingerprint density at radius 1 is 1.04 bits per heavy atom. The van der Waals surface area contributed by atoms with Gasteiger partial charge in [-0.2, -0.15) is 0 Å². The molecule has 0 aromatic carbocycles. The number of carboxylic acids is 1. The lowest BCUT2D eigenvalue weighted by molar-refractivity contribution is -0.145. The van der Waals surface area contributed by atoms with Gasteiger partial charge >= 0.3 is 5.97 Å². The van der Waals surface area contributed by atoms with Crippen molar-refractivity contribution in [3.8, 4) is 0 Å². The second kappa shape index (κ2) is 10.8. The van der Waals surface area contributed by atoms with Gasteiger partial charge in [-0.3, -0.25) is 14.4 Å². The van der Waals surface area contributed by atoms with Gasteiger partial charge in [0, 0.05) is 0 Å². The molecule has 5 unspecified atom stereocenters. The van der Waals surface area contributed by atoms with Crippen molar-refractivity contribution in [2.45, 2.75) is 50.0 Å². The van der Waals surface area contributed by atoms with Gasteiger partial charge in [-0.25, -0.2) is 4.79 Å². The van der Waals surface area contributed by atoms with Crippen LogP contribution in [0.4, 0.5) is 0 Å². The van der Waals surface area contributed by atoms with Crippen LogP contribution in [0.15, 0.2) is 0 Å². The van der Waals surface area contributed by atoms with Gasteiger partial charge < -0.3 is 41.7 Å². The van der Waals surface area contributed by atoms with Crippen LogP contribution in [0.3, 0.4) is 0 Å². The highest BCUT2D eigenvalue weighted by Gasteiger charge is 2.32. The SMILES string of the molecule is CC(O)C(NC(=O)C(CO)NC(=O)C(CO)NC(=O)C1CCCN1)C(=O)O. The van der Waals surface area contributed by atoms with Crippen molar-refractivity contribution in [2.24, 2.45) is 0 Å². The van der Waals surface area contributed by atoms with Gasteiger partial charge in [-0.05, 0) is 26.3 Å². The number of amides is 3. The van der Waals surface area contributed by atoms with E-state index in [2.05, 4.69) is 16.0 Å². The van der Waals surface area contributed by atoms with E-state index in [0.29, 0.717) is 13.0 Å². The monoisotopic (exact) mass is 390 g/mol. The molecule has 0 spiro atoms. The highest BCUT2D eigenvalue weighted by Crippen LogP contribution is 2.05. The number of carbonyl (C=O) groups is 4. The van der Waals surface area contributed by atoms with Gasteiger partial charge in [-0.15, -0.1) is 0 Å². The van der Waals surface area contributed by atoms with Crippen molar-refractivity contribution in [3.63, 3.8) is 0 Å². The van der Waals surface area contributed by atoms with Crippen molar-refractivity contribution in [2.75, 3.05) is 19.8 Å². The minimum atomic E-state index is -1.63. The molecule has 0 aliphatic carbocycles. The molecule has 0 radical (unpaired) electrons. The van der Waals surface area contributed by atoms with Crippen molar-refractivity contribution in [1.82, 2.24) is 21.3 Å². The Bertz CT molecular complexity index is 550. The highest BCUT2D eigenvalue weighted by atomic mass is 16.4. The highest BCUT2D eigenvalue weighted by molar-refractivity contribution is 5.94. The minimum absolute atomic E-state index is 0.480. The maximum absolute atomic E-state index is 12.2. The number of carboxylic acid groups (broad SMARTS) is 1. The summed E-state index contributed by atoms with van der Waals surface area (Å²) in [6.07, 6.45) is -0.0252. The van der Waals surface area contributed by atoms with E-state index >= 15 is 0 Å². The van der Waals surface area contributed by atoms with E-state index in [1.807, 2.05) is 5.32 Å². The summed E-state index contributed by atoms with van der Waals surface area (Å²) in [5.74, 6) is -3.95. The van der Waals surface area contributed by atoms with E-state index < -0.39 is 67.2 Å². The molecule has 0 aromatic heterocycles. The number of rotatable bonds is 10. The van der Waals surface area contributed by atoms with Gasteiger partial charge in [0.1, 0.15) is 12.1 Å². The summed E-state index contributed by atoms with van der Waals surface area (Å²) >= 11 is 0. The van der Waals surface area contributed by atoms with Crippen molar-refractivity contribution in [3.05, 3.63) is 0 Å². The first kappa shape index (κ1) is 22.8. The zero-order chi connectivity index (χ0) is 20.6. The fraction of sp³-hybridized carbons (Fsp3) is 0.733. The molecule has 12 heteroatoms. The van der Waals surface area contributed by atoms with Crippen LogP contribution in [0.1, 0.15) is 19.8 Å². The van der Waals surface area contributed by atoms with E-state index in [9.17, 15) is 34.5 Å². The fourth-order valence-corrected chi connectivity index (χ4v) is 2.48. The zero-order valence-electron chi connectivity index (χ0n) is 14.8. The second-order valence-electron chi connectivity index (χ2n) is 6.20. The molecule has 1 saturated heterocycles. The van der Waals surface area contributed by atoms with Crippen LogP contribution in [-0.4, -0.2) is 94.1 Å². The molecule has 27 heavy (non-hydrogen) atoms. The second-order valence-corrected chi connectivity index (χ2v) is 6.20. The third kappa shape index (κ3) is 6.75. The molecule has 1 aliphatic rings. The molecule has 1 rings (SSSR count). The fourth-order valence-electron chi connectivity index (χ4n) is 2.48. The number of aliphatic carboxylic acids is 1. The van der Waals surface area contributed by atoms with Gasteiger partial charge in [0.15, 0.2) is 6.04 Å². The summed E-state index contributed by atoms with van der Waals surface area (Å²) in [6.45, 7) is 0.213. The average Bonchev–Trinajstić information content (AvgIpc) is 3.15. The number of carbonyl (C=O) groups excluding carboxylic acids is 3. The first-order valence-corrected chi connectivity index (χ1v) is 8.48. The largest absolute Gasteiger partial charge is 0.480 e. The summed E-state index contributed by atoms with van der Waals surface area (Å²) in [6, 6.07) is -5.00. The van der Waals surface area contributed by atoms with Crippen LogP contribution < -0.4 is 21.3 Å². The summed E-state index contributed by atoms with van der Waals surface area (Å²) in [4.78, 5) is 47.3. The van der Waals surface area contributed by atoms with Gasteiger partial charge in [0.2, 0.25) is 17.7 Å². The number of aliphatic hydroxyl groups excluding tert-OH is 3. The predicted molar refractivity (Wildman–Crippen MR) is 90.3 cm³/mol. The number of hydrogen-bond acceptors (Lipinski definition) is 8. The van der Waals surface area contributed by atoms with Crippen LogP contribution in [0.5, 0.6) is 0 Å². The molecular formula is C15H26N4O8. The number of nitrogens with one attached hydrogen (secondary N) is 4. The van der Waals surface area contributed by atoms with E-state index in [0.717, 1.165) is 13.3 Å². The molecule has 12 nitrogen and oxygen atoms in total. The standard InChI is InChI=1S/C15H26N4O8/c1-7(22)11(15(26)27)19-14(25)10(6-21)18-13(24)9(5-20)17-12(23)8-3-2-4-16-8/h7-11,16,20-22H,2-6H2,1H3,(H,17,23)(H,18,24)(H,19,25)(H,26,27). The van der Waals surface area contributed by atoms with E-state index in [1.165, 1.54) is 0 Å². The van der Waals surface area contributed by atoms with Crippen molar-refractivity contribution in [1.29, 1.82) is 0 Å². The summed E-state index contributed by atoms with van der Waals surface area (Å²) in [7, 11) is 0. The molecule has 0 bridgehead atoms. The van der Waals surface area contributed by atoms with Crippen LogP contribution >= 0.6 is 0 Å². The summed E-state index contributed by atoms with van der Waals surface area (Å²) in [5.41, 5.74) is 0. The first-order valence-electron chi connectivity index (χ1n) is 8.48. The molecule has 1 fully saturated rings. The van der Waals surface area contributed by atoms with E-state index in [1.54, 1.807) is 0 Å². The smallest absolute Gasteiger partial charge is 0.328 e. The van der Waals surface area contributed by atoms with Crippen LogP contribution in [0.25, 0.3) is 0 Å². The van der Waals surface area contributed by atoms with Gasteiger partial charge in [-0.1, -0.05) is 0 Å². The Morgan fingerprint density at radius 2 is 1.59 bits per heavy atom. The lowest BCUT2D eigenvalue weighted by Gasteiger charge is -2.24. The van der Waals surface area contributed by atoms with Crippen molar-refractivity contribution >= 4 is 23.7 Å². The normalized spacial score (nSPS) is 20.8. The van der Waals surface area contributed by atoms with Crippen LogP contribution in [0, 0.1) is 0 Å². The zero-order valence-corrected chi connectivity index (χ0v) is 14.8. The summed E-state index contributed by atoms with van der Waals surface area (Å²) in [5, 5.41) is 46.3. The summed E-state index contributed by atoms with van der Waals surface area (Å²) < 4.78 is 0. The Morgan fingerprint density at radius 3 is 2.04 bits per heavy atom. The first-order chi connectivity index (χ1) is 12.7. The van der Waals surface area contributed by atoms with Gasteiger partial charge in [0.05, 0.1) is 25.4 Å². The lowest BCUT2D eigenvalue weighted by atomic mass is 10.1. The molecular weight excluding hydrogens is 364 g/mol. The topological polar surface area (TPSA) is 197 Å². The Hall–Kier alpha value is -2.28. The molecule has 1 aliphatic heterocycles. The van der Waals surface area contributed by atoms with Crippen molar-refractivity contribution < 1.29 is 39.6 Å². The Labute approximate surface area is 155 Å². The average molecular weight is 390 g/mol.